The molecule has 1 aromatic heterocycles. The van der Waals surface area contributed by atoms with Gasteiger partial charge in [-0.2, -0.15) is 0 Å². The van der Waals surface area contributed by atoms with Gasteiger partial charge in [0.2, 0.25) is 5.95 Å². The molecule has 4 rings (SSSR count). The van der Waals surface area contributed by atoms with Gasteiger partial charge in [0.1, 0.15) is 0 Å². The van der Waals surface area contributed by atoms with E-state index in [9.17, 15) is 4.79 Å². The molecule has 1 unspecified atom stereocenters. The van der Waals surface area contributed by atoms with E-state index in [2.05, 4.69) is 20.2 Å². The molecular formula is C19H29N5O. The molecule has 3 aliphatic heterocycles. The largest absolute Gasteiger partial charge is 0.341 e. The van der Waals surface area contributed by atoms with Crippen LogP contribution >= 0.6 is 0 Å². The van der Waals surface area contributed by atoms with Crippen LogP contribution < -0.4 is 10.2 Å². The second-order valence-corrected chi connectivity index (χ2v) is 7.97. The Morgan fingerprint density at radius 2 is 2.00 bits per heavy atom. The fraction of sp³-hybridized carbons (Fsp3) is 0.737. The number of anilines is 1. The summed E-state index contributed by atoms with van der Waals surface area (Å²) in [6.07, 6.45) is 8.95. The van der Waals surface area contributed by atoms with Gasteiger partial charge in [-0.15, -0.1) is 0 Å². The molecule has 4 heterocycles. The van der Waals surface area contributed by atoms with Gasteiger partial charge >= 0.3 is 0 Å². The average molecular weight is 343 g/mol. The summed E-state index contributed by atoms with van der Waals surface area (Å²) in [5.74, 6) is 0.887. The third-order valence-electron chi connectivity index (χ3n) is 6.12. The Morgan fingerprint density at radius 3 is 2.72 bits per heavy atom. The standard InChI is InChI=1S/C19H29N5O/c1-15-16(12-21-18(22-15)23-9-3-2-4-10-23)17(25)24-11-5-6-19(14-24)7-8-20-13-19/h12,20H,2-11,13-14H2,1H3. The summed E-state index contributed by atoms with van der Waals surface area (Å²) in [7, 11) is 0. The van der Waals surface area contributed by atoms with Crippen molar-refractivity contribution in [3.05, 3.63) is 17.5 Å². The van der Waals surface area contributed by atoms with Crippen LogP contribution in [0.3, 0.4) is 0 Å². The molecule has 3 saturated heterocycles. The van der Waals surface area contributed by atoms with Crippen LogP contribution in [0.1, 0.15) is 54.6 Å². The quantitative estimate of drug-likeness (QED) is 0.890. The molecule has 1 atom stereocenters. The number of carbonyl (C=O) groups is 1. The third kappa shape index (κ3) is 3.36. The highest BCUT2D eigenvalue weighted by Gasteiger charge is 2.39. The van der Waals surface area contributed by atoms with Crippen molar-refractivity contribution in [1.29, 1.82) is 0 Å². The average Bonchev–Trinajstić information content (AvgIpc) is 3.09. The predicted molar refractivity (Wildman–Crippen MR) is 97.9 cm³/mol. The number of aryl methyl sites for hydroxylation is 1. The monoisotopic (exact) mass is 343 g/mol. The molecule has 6 heteroatoms. The molecule has 3 fully saturated rings. The third-order valence-corrected chi connectivity index (χ3v) is 6.12. The fourth-order valence-corrected chi connectivity index (χ4v) is 4.61. The van der Waals surface area contributed by atoms with Gasteiger partial charge in [0.15, 0.2) is 0 Å². The van der Waals surface area contributed by atoms with E-state index >= 15 is 0 Å². The summed E-state index contributed by atoms with van der Waals surface area (Å²) in [5.41, 5.74) is 1.77. The maximum Gasteiger partial charge on any atom is 0.257 e. The molecule has 0 aromatic carbocycles. The van der Waals surface area contributed by atoms with Crippen LogP contribution in [-0.2, 0) is 0 Å². The van der Waals surface area contributed by atoms with Crippen molar-refractivity contribution in [2.45, 2.75) is 45.4 Å². The summed E-state index contributed by atoms with van der Waals surface area (Å²) in [6.45, 7) is 7.83. The van der Waals surface area contributed by atoms with Gasteiger partial charge in [-0.3, -0.25) is 4.79 Å². The van der Waals surface area contributed by atoms with Crippen LogP contribution in [0, 0.1) is 12.3 Å². The Kier molecular flexibility index (Phi) is 4.63. The molecule has 0 saturated carbocycles. The van der Waals surface area contributed by atoms with Crippen LogP contribution in [0.25, 0.3) is 0 Å². The van der Waals surface area contributed by atoms with Gasteiger partial charge in [-0.1, -0.05) is 0 Å². The number of likely N-dealkylation sites (tertiary alicyclic amines) is 1. The van der Waals surface area contributed by atoms with Crippen molar-refractivity contribution in [3.63, 3.8) is 0 Å². The van der Waals surface area contributed by atoms with Crippen molar-refractivity contribution >= 4 is 11.9 Å². The van der Waals surface area contributed by atoms with Crippen LogP contribution in [-0.4, -0.2) is 60.0 Å². The molecular weight excluding hydrogens is 314 g/mol. The number of nitrogens with one attached hydrogen (secondary N) is 1. The molecule has 3 aliphatic rings. The highest BCUT2D eigenvalue weighted by atomic mass is 16.2. The maximum absolute atomic E-state index is 13.1. The molecule has 1 amide bonds. The first-order valence-electron chi connectivity index (χ1n) is 9.76. The highest BCUT2D eigenvalue weighted by molar-refractivity contribution is 5.95. The van der Waals surface area contributed by atoms with Gasteiger partial charge in [0.05, 0.1) is 11.3 Å². The molecule has 1 aromatic rings. The number of rotatable bonds is 2. The Labute approximate surface area is 150 Å². The van der Waals surface area contributed by atoms with Crippen molar-refractivity contribution < 1.29 is 4.79 Å². The fourth-order valence-electron chi connectivity index (χ4n) is 4.61. The van der Waals surface area contributed by atoms with E-state index in [0.717, 1.165) is 57.3 Å². The molecule has 6 nitrogen and oxygen atoms in total. The summed E-state index contributed by atoms with van der Waals surface area (Å²) in [4.78, 5) is 26.5. The lowest BCUT2D eigenvalue weighted by molar-refractivity contribution is 0.0552. The number of nitrogens with zero attached hydrogens (tertiary/aromatic N) is 4. The zero-order valence-corrected chi connectivity index (χ0v) is 15.3. The van der Waals surface area contributed by atoms with Gasteiger partial charge in [-0.05, 0) is 52.0 Å². The van der Waals surface area contributed by atoms with Gasteiger partial charge < -0.3 is 15.1 Å². The topological polar surface area (TPSA) is 61.4 Å². The van der Waals surface area contributed by atoms with Gasteiger partial charge in [0.25, 0.3) is 5.91 Å². The SMILES string of the molecule is Cc1nc(N2CCCCC2)ncc1C(=O)N1CCCC2(CCNC2)C1. The second kappa shape index (κ2) is 6.90. The Morgan fingerprint density at radius 1 is 1.16 bits per heavy atom. The normalized spacial score (nSPS) is 27.1. The van der Waals surface area contributed by atoms with E-state index < -0.39 is 0 Å². The van der Waals surface area contributed by atoms with Crippen molar-refractivity contribution in [2.75, 3.05) is 44.2 Å². The van der Waals surface area contributed by atoms with Crippen LogP contribution in [0.2, 0.25) is 0 Å². The Balaban J connectivity index is 1.49. The zero-order valence-electron chi connectivity index (χ0n) is 15.3. The maximum atomic E-state index is 13.1. The first-order chi connectivity index (χ1) is 12.2. The molecule has 1 spiro atoms. The van der Waals surface area contributed by atoms with Crippen LogP contribution in [0.4, 0.5) is 5.95 Å². The molecule has 25 heavy (non-hydrogen) atoms. The first-order valence-corrected chi connectivity index (χ1v) is 9.76. The first kappa shape index (κ1) is 16.8. The minimum Gasteiger partial charge on any atom is -0.341 e. The number of carbonyl (C=O) groups excluding carboxylic acids is 1. The molecule has 0 bridgehead atoms. The molecule has 0 aliphatic carbocycles. The molecule has 136 valence electrons. The summed E-state index contributed by atoms with van der Waals surface area (Å²) in [5, 5.41) is 3.47. The number of hydrogen-bond acceptors (Lipinski definition) is 5. The smallest absolute Gasteiger partial charge is 0.257 e. The summed E-state index contributed by atoms with van der Waals surface area (Å²) in [6, 6.07) is 0. The lowest BCUT2D eigenvalue weighted by Crippen LogP contribution is -2.47. The van der Waals surface area contributed by atoms with E-state index in [4.69, 9.17) is 0 Å². The van der Waals surface area contributed by atoms with E-state index in [1.165, 1.54) is 32.1 Å². The zero-order chi connectivity index (χ0) is 17.3. The molecule has 0 radical (unpaired) electrons. The minimum atomic E-state index is 0.105. The van der Waals surface area contributed by atoms with E-state index in [0.29, 0.717) is 5.56 Å². The Hall–Kier alpha value is -1.69. The number of amides is 1. The van der Waals surface area contributed by atoms with Crippen LogP contribution in [0.5, 0.6) is 0 Å². The summed E-state index contributed by atoms with van der Waals surface area (Å²) >= 11 is 0. The van der Waals surface area contributed by atoms with Gasteiger partial charge in [0, 0.05) is 44.3 Å². The number of aromatic nitrogens is 2. The van der Waals surface area contributed by atoms with Crippen molar-refractivity contribution in [2.24, 2.45) is 5.41 Å². The van der Waals surface area contributed by atoms with Crippen molar-refractivity contribution in [1.82, 2.24) is 20.2 Å². The van der Waals surface area contributed by atoms with E-state index in [1.54, 1.807) is 6.20 Å². The highest BCUT2D eigenvalue weighted by Crippen LogP contribution is 2.36. The van der Waals surface area contributed by atoms with Gasteiger partial charge in [-0.25, -0.2) is 9.97 Å². The van der Waals surface area contributed by atoms with E-state index in [-0.39, 0.29) is 11.3 Å². The minimum absolute atomic E-state index is 0.105. The lowest BCUT2D eigenvalue weighted by atomic mass is 9.79. The second-order valence-electron chi connectivity index (χ2n) is 7.97. The number of hydrogen-bond donors (Lipinski definition) is 1. The van der Waals surface area contributed by atoms with E-state index in [1.807, 2.05) is 11.8 Å². The van der Waals surface area contributed by atoms with Crippen molar-refractivity contribution in [3.8, 4) is 0 Å². The number of piperidine rings is 2. The predicted octanol–water partition coefficient (Wildman–Crippen LogP) is 1.99. The molecule has 1 N–H and O–H groups in total. The summed E-state index contributed by atoms with van der Waals surface area (Å²) < 4.78 is 0. The van der Waals surface area contributed by atoms with Crippen LogP contribution in [0.15, 0.2) is 6.20 Å². The Bertz CT molecular complexity index is 635. The lowest BCUT2D eigenvalue weighted by Gasteiger charge is -2.40.